The second-order valence-corrected chi connectivity index (χ2v) is 3.30. The molecule has 66 valence electrons. The third-order valence-electron chi connectivity index (χ3n) is 1.52. The number of rotatable bonds is 3. The molecule has 0 spiro atoms. The fraction of sp³-hybridized carbons (Fsp3) is 0.375. The topological polar surface area (TPSA) is 50.9 Å². The van der Waals surface area contributed by atoms with E-state index in [4.69, 9.17) is 5.73 Å². The van der Waals surface area contributed by atoms with Crippen LogP contribution < -0.4 is 11.1 Å². The van der Waals surface area contributed by atoms with Gasteiger partial charge in [0.15, 0.2) is 0 Å². The minimum Gasteiger partial charge on any atom is -0.368 e. The van der Waals surface area contributed by atoms with Gasteiger partial charge in [0.1, 0.15) is 5.82 Å². The summed E-state index contributed by atoms with van der Waals surface area (Å²) in [6, 6.07) is 1.96. The summed E-state index contributed by atoms with van der Waals surface area (Å²) in [5, 5.41) is 3.12. The molecular weight excluding hydrogens is 218 g/mol. The van der Waals surface area contributed by atoms with E-state index in [0.29, 0.717) is 6.54 Å². The Kier molecular flexibility index (Phi) is 3.49. The molecule has 0 aromatic carbocycles. The van der Waals surface area contributed by atoms with Crippen molar-refractivity contribution < 1.29 is 0 Å². The van der Waals surface area contributed by atoms with Gasteiger partial charge in [0, 0.05) is 19.3 Å². The van der Waals surface area contributed by atoms with Gasteiger partial charge in [-0.3, -0.25) is 0 Å². The van der Waals surface area contributed by atoms with Gasteiger partial charge < -0.3 is 11.1 Å². The molecule has 0 saturated carbocycles. The highest BCUT2D eigenvalue weighted by atomic mass is 79.9. The maximum Gasteiger partial charge on any atom is 0.140 e. The van der Waals surface area contributed by atoms with E-state index in [1.807, 2.05) is 13.0 Å². The smallest absolute Gasteiger partial charge is 0.140 e. The van der Waals surface area contributed by atoms with Gasteiger partial charge in [0.05, 0.1) is 4.47 Å². The molecule has 0 amide bonds. The lowest BCUT2D eigenvalue weighted by Gasteiger charge is -2.06. The number of aromatic nitrogens is 1. The van der Waals surface area contributed by atoms with E-state index in [0.717, 1.165) is 16.8 Å². The van der Waals surface area contributed by atoms with Crippen LogP contribution in [0.3, 0.4) is 0 Å². The third-order valence-corrected chi connectivity index (χ3v) is 2.52. The number of nitrogens with one attached hydrogen (secondary N) is 1. The van der Waals surface area contributed by atoms with E-state index >= 15 is 0 Å². The Morgan fingerprint density at radius 3 is 3.08 bits per heavy atom. The highest BCUT2D eigenvalue weighted by Gasteiger charge is 2.01. The molecule has 12 heavy (non-hydrogen) atoms. The van der Waals surface area contributed by atoms with E-state index in [1.54, 1.807) is 6.20 Å². The first-order chi connectivity index (χ1) is 5.75. The van der Waals surface area contributed by atoms with Gasteiger partial charge in [0.25, 0.3) is 0 Å². The fourth-order valence-corrected chi connectivity index (χ4v) is 1.23. The van der Waals surface area contributed by atoms with Crippen LogP contribution in [-0.4, -0.2) is 18.1 Å². The van der Waals surface area contributed by atoms with Crippen LogP contribution in [-0.2, 0) is 0 Å². The molecule has 4 heteroatoms. The van der Waals surface area contributed by atoms with E-state index in [-0.39, 0.29) is 0 Å². The molecule has 1 rings (SSSR count). The SMILES string of the molecule is Cc1ccnc(NCCN)c1Br. The summed E-state index contributed by atoms with van der Waals surface area (Å²) < 4.78 is 1.01. The largest absolute Gasteiger partial charge is 0.368 e. The molecule has 1 aromatic rings. The van der Waals surface area contributed by atoms with Crippen LogP contribution >= 0.6 is 15.9 Å². The van der Waals surface area contributed by atoms with Crippen molar-refractivity contribution in [1.29, 1.82) is 0 Å². The predicted octanol–water partition coefficient (Wildman–Crippen LogP) is 1.52. The van der Waals surface area contributed by atoms with Crippen molar-refractivity contribution in [3.8, 4) is 0 Å². The molecule has 1 heterocycles. The van der Waals surface area contributed by atoms with Gasteiger partial charge in [-0.15, -0.1) is 0 Å². The zero-order chi connectivity index (χ0) is 8.97. The molecule has 0 aliphatic heterocycles. The minimum absolute atomic E-state index is 0.613. The summed E-state index contributed by atoms with van der Waals surface area (Å²) in [5.74, 6) is 0.862. The molecule has 0 bridgehead atoms. The maximum absolute atomic E-state index is 5.36. The van der Waals surface area contributed by atoms with Gasteiger partial charge >= 0.3 is 0 Å². The molecule has 0 aliphatic carbocycles. The normalized spacial score (nSPS) is 9.92. The zero-order valence-electron chi connectivity index (χ0n) is 6.97. The molecule has 0 aliphatic rings. The zero-order valence-corrected chi connectivity index (χ0v) is 8.56. The first-order valence-corrected chi connectivity index (χ1v) is 4.60. The number of anilines is 1. The standard InChI is InChI=1S/C8H12BrN3/c1-6-2-4-11-8(7(6)9)12-5-3-10/h2,4H,3,5,10H2,1H3,(H,11,12). The lowest BCUT2D eigenvalue weighted by molar-refractivity contribution is 1.01. The van der Waals surface area contributed by atoms with Crippen LogP contribution in [0.1, 0.15) is 5.56 Å². The van der Waals surface area contributed by atoms with Crippen LogP contribution in [0.4, 0.5) is 5.82 Å². The first-order valence-electron chi connectivity index (χ1n) is 3.80. The fourth-order valence-electron chi connectivity index (χ4n) is 0.854. The van der Waals surface area contributed by atoms with Crippen molar-refractivity contribution in [1.82, 2.24) is 4.98 Å². The summed E-state index contributed by atoms with van der Waals surface area (Å²) in [7, 11) is 0. The summed E-state index contributed by atoms with van der Waals surface area (Å²) in [5.41, 5.74) is 6.53. The highest BCUT2D eigenvalue weighted by Crippen LogP contribution is 2.22. The molecule has 3 nitrogen and oxygen atoms in total. The summed E-state index contributed by atoms with van der Waals surface area (Å²) in [6.45, 7) is 3.39. The monoisotopic (exact) mass is 229 g/mol. The van der Waals surface area contributed by atoms with Crippen LogP contribution in [0.25, 0.3) is 0 Å². The minimum atomic E-state index is 0.613. The van der Waals surface area contributed by atoms with Crippen molar-refractivity contribution in [2.75, 3.05) is 18.4 Å². The average Bonchev–Trinajstić information content (AvgIpc) is 2.08. The Morgan fingerprint density at radius 1 is 1.67 bits per heavy atom. The van der Waals surface area contributed by atoms with Gasteiger partial charge in [-0.2, -0.15) is 0 Å². The van der Waals surface area contributed by atoms with E-state index in [2.05, 4.69) is 26.2 Å². The van der Waals surface area contributed by atoms with Gasteiger partial charge in [-0.1, -0.05) is 0 Å². The lowest BCUT2D eigenvalue weighted by Crippen LogP contribution is -2.14. The number of hydrogen-bond acceptors (Lipinski definition) is 3. The molecule has 0 fully saturated rings. The number of aryl methyl sites for hydroxylation is 1. The Hall–Kier alpha value is -0.610. The highest BCUT2D eigenvalue weighted by molar-refractivity contribution is 9.10. The van der Waals surface area contributed by atoms with Crippen molar-refractivity contribution in [3.05, 3.63) is 22.3 Å². The Labute approximate surface area is 80.5 Å². The number of hydrogen-bond donors (Lipinski definition) is 2. The summed E-state index contributed by atoms with van der Waals surface area (Å²) >= 11 is 3.44. The van der Waals surface area contributed by atoms with Crippen molar-refractivity contribution in [3.63, 3.8) is 0 Å². The molecule has 1 aromatic heterocycles. The molecule has 0 atom stereocenters. The number of nitrogens with zero attached hydrogens (tertiary/aromatic N) is 1. The lowest BCUT2D eigenvalue weighted by atomic mass is 10.3. The van der Waals surface area contributed by atoms with Gasteiger partial charge in [-0.05, 0) is 34.5 Å². The number of halogens is 1. The van der Waals surface area contributed by atoms with E-state index in [9.17, 15) is 0 Å². The summed E-state index contributed by atoms with van der Waals surface area (Å²) in [4.78, 5) is 4.16. The van der Waals surface area contributed by atoms with Crippen molar-refractivity contribution in [2.45, 2.75) is 6.92 Å². The molecule has 0 saturated heterocycles. The van der Waals surface area contributed by atoms with Crippen LogP contribution in [0.15, 0.2) is 16.7 Å². The second-order valence-electron chi connectivity index (χ2n) is 2.51. The van der Waals surface area contributed by atoms with E-state index in [1.165, 1.54) is 5.56 Å². The molecule has 0 radical (unpaired) electrons. The first kappa shape index (κ1) is 9.48. The maximum atomic E-state index is 5.36. The average molecular weight is 230 g/mol. The van der Waals surface area contributed by atoms with Crippen LogP contribution in [0.2, 0.25) is 0 Å². The van der Waals surface area contributed by atoms with Gasteiger partial charge in [-0.25, -0.2) is 4.98 Å². The molecule has 3 N–H and O–H groups in total. The third kappa shape index (κ3) is 2.19. The predicted molar refractivity (Wildman–Crippen MR) is 54.2 cm³/mol. The number of nitrogens with two attached hydrogens (primary N) is 1. The summed E-state index contributed by atoms with van der Waals surface area (Å²) in [6.07, 6.45) is 1.78. The van der Waals surface area contributed by atoms with Crippen LogP contribution in [0, 0.1) is 6.92 Å². The Bertz CT molecular complexity index is 262. The quantitative estimate of drug-likeness (QED) is 0.827. The number of pyridine rings is 1. The van der Waals surface area contributed by atoms with Crippen molar-refractivity contribution >= 4 is 21.7 Å². The van der Waals surface area contributed by atoms with Crippen LogP contribution in [0.5, 0.6) is 0 Å². The molecule has 0 unspecified atom stereocenters. The van der Waals surface area contributed by atoms with E-state index < -0.39 is 0 Å². The van der Waals surface area contributed by atoms with Gasteiger partial charge in [0.2, 0.25) is 0 Å². The Balaban J connectivity index is 2.78. The molecular formula is C8H12BrN3. The second kappa shape index (κ2) is 4.42. The van der Waals surface area contributed by atoms with Crippen molar-refractivity contribution in [2.24, 2.45) is 5.73 Å². The Morgan fingerprint density at radius 2 is 2.42 bits per heavy atom.